The van der Waals surface area contributed by atoms with Gasteiger partial charge in [0.15, 0.2) is 11.5 Å². The Morgan fingerprint density at radius 3 is 2.54 bits per heavy atom. The van der Waals surface area contributed by atoms with Crippen molar-refractivity contribution in [3.63, 3.8) is 0 Å². The molecular weight excluding hydrogens is 485 g/mol. The molecule has 0 N–H and O–H groups in total. The van der Waals surface area contributed by atoms with E-state index in [9.17, 15) is 4.79 Å². The summed E-state index contributed by atoms with van der Waals surface area (Å²) in [6, 6.07) is 19.9. The molecule has 0 bridgehead atoms. The number of furan rings is 1. The Kier molecular flexibility index (Phi) is 6.32. The van der Waals surface area contributed by atoms with Crippen LogP contribution < -0.4 is 10.3 Å². The Morgan fingerprint density at radius 1 is 1.09 bits per heavy atom. The zero-order valence-electron chi connectivity index (χ0n) is 19.0. The van der Waals surface area contributed by atoms with Gasteiger partial charge in [-0.15, -0.1) is 0 Å². The van der Waals surface area contributed by atoms with Gasteiger partial charge in [-0.2, -0.15) is 9.78 Å². The quantitative estimate of drug-likeness (QED) is 0.229. The largest absolute Gasteiger partial charge is 0.488 e. The minimum Gasteiger partial charge on any atom is -0.488 e. The Labute approximate surface area is 211 Å². The number of hydrogen-bond acceptors (Lipinski definition) is 5. The Hall–Kier alpha value is -3.61. The number of fused-ring (bicyclic) bond motifs is 2. The average molecular weight is 506 g/mol. The van der Waals surface area contributed by atoms with Crippen molar-refractivity contribution in [3.8, 4) is 17.3 Å². The van der Waals surface area contributed by atoms with Gasteiger partial charge >= 0.3 is 0 Å². The lowest BCUT2D eigenvalue weighted by Gasteiger charge is -2.15. The first-order chi connectivity index (χ1) is 16.9. The summed E-state index contributed by atoms with van der Waals surface area (Å²) in [7, 11) is 0. The van der Waals surface area contributed by atoms with E-state index in [1.54, 1.807) is 30.3 Å². The van der Waals surface area contributed by atoms with Crippen molar-refractivity contribution in [2.75, 3.05) is 0 Å². The standard InChI is InChI=1S/C27H21Cl2N3O3/c1-3-16(2)34-25-20(28)12-17(13-21(25)29)15-30-32-26(24-14-18-8-4-7-11-23(18)35-24)31-22-10-6-5-9-19(22)27(32)33/h4-16H,3H2,1-2H3/t16-/m0/s1. The predicted octanol–water partition coefficient (Wildman–Crippen LogP) is 7.18. The van der Waals surface area contributed by atoms with Crippen molar-refractivity contribution in [2.45, 2.75) is 26.4 Å². The fourth-order valence-electron chi connectivity index (χ4n) is 3.66. The summed E-state index contributed by atoms with van der Waals surface area (Å²) < 4.78 is 13.1. The third kappa shape index (κ3) is 4.55. The minimum atomic E-state index is -0.323. The van der Waals surface area contributed by atoms with E-state index in [2.05, 4.69) is 10.1 Å². The van der Waals surface area contributed by atoms with Gasteiger partial charge in [-0.1, -0.05) is 60.5 Å². The van der Waals surface area contributed by atoms with Crippen LogP contribution in [0.3, 0.4) is 0 Å². The van der Waals surface area contributed by atoms with Gasteiger partial charge in [0, 0.05) is 5.39 Å². The topological polar surface area (TPSA) is 69.6 Å². The van der Waals surface area contributed by atoms with Crippen molar-refractivity contribution in [1.82, 2.24) is 9.66 Å². The molecule has 6 nitrogen and oxygen atoms in total. The highest BCUT2D eigenvalue weighted by molar-refractivity contribution is 6.37. The third-order valence-corrected chi connectivity index (χ3v) is 6.20. The van der Waals surface area contributed by atoms with Crippen molar-refractivity contribution in [2.24, 2.45) is 5.10 Å². The summed E-state index contributed by atoms with van der Waals surface area (Å²) in [5.74, 6) is 1.14. The number of nitrogens with zero attached hydrogens (tertiary/aromatic N) is 3. The molecule has 3 aromatic carbocycles. The number of halogens is 2. The predicted molar refractivity (Wildman–Crippen MR) is 141 cm³/mol. The maximum Gasteiger partial charge on any atom is 0.282 e. The van der Waals surface area contributed by atoms with Crippen LogP contribution >= 0.6 is 23.2 Å². The lowest BCUT2D eigenvalue weighted by molar-refractivity contribution is 0.218. The smallest absolute Gasteiger partial charge is 0.282 e. The number of ether oxygens (including phenoxy) is 1. The van der Waals surface area contributed by atoms with Gasteiger partial charge in [0.1, 0.15) is 5.58 Å². The molecule has 0 aliphatic rings. The van der Waals surface area contributed by atoms with E-state index < -0.39 is 0 Å². The van der Waals surface area contributed by atoms with Crippen LogP contribution in [-0.4, -0.2) is 22.0 Å². The zero-order valence-corrected chi connectivity index (χ0v) is 20.5. The van der Waals surface area contributed by atoms with Gasteiger partial charge in [0.05, 0.1) is 33.3 Å². The average Bonchev–Trinajstić information content (AvgIpc) is 3.29. The third-order valence-electron chi connectivity index (χ3n) is 5.64. The second kappa shape index (κ2) is 9.56. The highest BCUT2D eigenvalue weighted by atomic mass is 35.5. The van der Waals surface area contributed by atoms with E-state index in [1.165, 1.54) is 10.9 Å². The van der Waals surface area contributed by atoms with Crippen LogP contribution in [0.25, 0.3) is 33.5 Å². The van der Waals surface area contributed by atoms with Crippen LogP contribution in [-0.2, 0) is 0 Å². The Balaban J connectivity index is 1.63. The number of para-hydroxylation sites is 2. The first-order valence-electron chi connectivity index (χ1n) is 11.2. The van der Waals surface area contributed by atoms with E-state index in [0.29, 0.717) is 43.6 Å². The van der Waals surface area contributed by atoms with Gasteiger partial charge in [-0.25, -0.2) is 4.98 Å². The lowest BCUT2D eigenvalue weighted by Crippen LogP contribution is -2.20. The van der Waals surface area contributed by atoms with Crippen molar-refractivity contribution < 1.29 is 9.15 Å². The normalized spacial score (nSPS) is 12.6. The highest BCUT2D eigenvalue weighted by Gasteiger charge is 2.17. The summed E-state index contributed by atoms with van der Waals surface area (Å²) in [6.07, 6.45) is 2.30. The van der Waals surface area contributed by atoms with Gasteiger partial charge in [0.2, 0.25) is 5.82 Å². The summed E-state index contributed by atoms with van der Waals surface area (Å²) in [6.45, 7) is 3.96. The van der Waals surface area contributed by atoms with E-state index in [4.69, 9.17) is 32.4 Å². The van der Waals surface area contributed by atoms with Gasteiger partial charge in [-0.05, 0) is 55.3 Å². The maximum atomic E-state index is 13.4. The van der Waals surface area contributed by atoms with Crippen LogP contribution in [0.2, 0.25) is 10.0 Å². The fourth-order valence-corrected chi connectivity index (χ4v) is 4.25. The first-order valence-corrected chi connectivity index (χ1v) is 11.9. The van der Waals surface area contributed by atoms with Crippen LogP contribution in [0.5, 0.6) is 5.75 Å². The molecule has 5 rings (SSSR count). The molecule has 2 aromatic heterocycles. The molecule has 0 fully saturated rings. The molecule has 0 amide bonds. The van der Waals surface area contributed by atoms with Crippen LogP contribution in [0, 0.1) is 0 Å². The molecule has 176 valence electrons. The number of hydrogen-bond donors (Lipinski definition) is 0. The second-order valence-electron chi connectivity index (χ2n) is 8.11. The van der Waals surface area contributed by atoms with Crippen molar-refractivity contribution in [3.05, 3.63) is 92.7 Å². The Morgan fingerprint density at radius 2 is 1.80 bits per heavy atom. The molecule has 0 saturated heterocycles. The lowest BCUT2D eigenvalue weighted by atomic mass is 10.2. The number of rotatable bonds is 6. The maximum absolute atomic E-state index is 13.4. The minimum absolute atomic E-state index is 0.0295. The van der Waals surface area contributed by atoms with Crippen LogP contribution in [0.15, 0.2) is 81.0 Å². The van der Waals surface area contributed by atoms with E-state index in [0.717, 1.165) is 11.8 Å². The van der Waals surface area contributed by atoms with Crippen molar-refractivity contribution >= 4 is 51.3 Å². The van der Waals surface area contributed by atoms with Gasteiger partial charge in [-0.3, -0.25) is 4.79 Å². The molecule has 0 spiro atoms. The molecule has 0 aliphatic carbocycles. The zero-order chi connectivity index (χ0) is 24.5. The second-order valence-corrected chi connectivity index (χ2v) is 8.93. The Bertz CT molecular complexity index is 1580. The van der Waals surface area contributed by atoms with Crippen LogP contribution in [0.4, 0.5) is 0 Å². The number of benzene rings is 3. The SMILES string of the molecule is CC[C@H](C)Oc1c(Cl)cc(C=Nn2c(-c3cc4ccccc4o3)nc3ccccc3c2=O)cc1Cl. The molecule has 0 unspecified atom stereocenters. The molecule has 2 heterocycles. The van der Waals surface area contributed by atoms with E-state index in [1.807, 2.05) is 50.2 Å². The molecule has 0 radical (unpaired) electrons. The number of aromatic nitrogens is 2. The first kappa shape index (κ1) is 23.1. The molecule has 5 aromatic rings. The molecule has 35 heavy (non-hydrogen) atoms. The van der Waals surface area contributed by atoms with Crippen LogP contribution in [0.1, 0.15) is 25.8 Å². The molecule has 0 saturated carbocycles. The fraction of sp³-hybridized carbons (Fsp3) is 0.148. The molecular formula is C27H21Cl2N3O3. The highest BCUT2D eigenvalue weighted by Crippen LogP contribution is 2.35. The molecule has 8 heteroatoms. The van der Waals surface area contributed by atoms with E-state index >= 15 is 0 Å². The summed E-state index contributed by atoms with van der Waals surface area (Å²) in [5, 5.41) is 6.53. The van der Waals surface area contributed by atoms with Crippen molar-refractivity contribution in [1.29, 1.82) is 0 Å². The van der Waals surface area contributed by atoms with E-state index in [-0.39, 0.29) is 17.5 Å². The van der Waals surface area contributed by atoms with Gasteiger partial charge in [0.25, 0.3) is 5.56 Å². The molecule has 1 atom stereocenters. The molecule has 0 aliphatic heterocycles. The summed E-state index contributed by atoms with van der Waals surface area (Å²) in [4.78, 5) is 18.1. The van der Waals surface area contributed by atoms with Gasteiger partial charge < -0.3 is 9.15 Å². The monoisotopic (exact) mass is 505 g/mol. The summed E-state index contributed by atoms with van der Waals surface area (Å²) >= 11 is 12.9. The summed E-state index contributed by atoms with van der Waals surface area (Å²) in [5.41, 5.74) is 1.52.